The number of phenols is 1. The summed E-state index contributed by atoms with van der Waals surface area (Å²) < 4.78 is 5.57. The fourth-order valence-electron chi connectivity index (χ4n) is 3.83. The van der Waals surface area contributed by atoms with Crippen molar-refractivity contribution in [3.8, 4) is 22.8 Å². The van der Waals surface area contributed by atoms with Crippen molar-refractivity contribution in [2.24, 2.45) is 0 Å². The molecule has 1 aromatic heterocycles. The lowest BCUT2D eigenvalue weighted by Gasteiger charge is -2.25. The number of nitrogens with zero attached hydrogens (tertiary/aromatic N) is 2. The van der Waals surface area contributed by atoms with Crippen molar-refractivity contribution in [1.29, 1.82) is 0 Å². The summed E-state index contributed by atoms with van der Waals surface area (Å²) in [7, 11) is 0. The van der Waals surface area contributed by atoms with Gasteiger partial charge in [0, 0.05) is 22.7 Å². The van der Waals surface area contributed by atoms with Crippen LogP contribution < -0.4 is 4.74 Å². The van der Waals surface area contributed by atoms with E-state index in [-0.39, 0.29) is 11.7 Å². The van der Waals surface area contributed by atoms with Gasteiger partial charge in [-0.15, -0.1) is 6.58 Å². The van der Waals surface area contributed by atoms with E-state index in [4.69, 9.17) is 16.3 Å². The number of aromatic nitrogens is 2. The van der Waals surface area contributed by atoms with Gasteiger partial charge in [-0.1, -0.05) is 42.5 Å². The highest BCUT2D eigenvalue weighted by atomic mass is 35.5. The molecule has 0 saturated heterocycles. The second-order valence-corrected chi connectivity index (χ2v) is 7.70. The summed E-state index contributed by atoms with van der Waals surface area (Å²) in [6.45, 7) is 10.0. The first-order valence-corrected chi connectivity index (χ1v) is 10.2. The fraction of sp³-hybridized carbons (Fsp3) is 0.167. The van der Waals surface area contributed by atoms with Crippen molar-refractivity contribution in [3.05, 3.63) is 89.1 Å². The van der Waals surface area contributed by atoms with Gasteiger partial charge in [-0.2, -0.15) is 5.10 Å². The molecule has 1 atom stereocenters. The third-order valence-electron chi connectivity index (χ3n) is 5.29. The molecule has 2 aromatic carbocycles. The minimum atomic E-state index is -0.401. The number of hydrogen-bond donors (Lipinski definition) is 2. The lowest BCUT2D eigenvalue weighted by Crippen LogP contribution is -2.29. The number of hydrogen-bond acceptors (Lipinski definition) is 4. The number of aromatic amines is 1. The van der Waals surface area contributed by atoms with E-state index in [2.05, 4.69) is 23.4 Å². The van der Waals surface area contributed by atoms with Crippen molar-refractivity contribution in [2.75, 3.05) is 13.2 Å². The summed E-state index contributed by atoms with van der Waals surface area (Å²) in [6.07, 6.45) is 3.37. The molecule has 3 aromatic rings. The van der Waals surface area contributed by atoms with E-state index in [1.54, 1.807) is 29.2 Å². The zero-order chi connectivity index (χ0) is 22.1. The highest BCUT2D eigenvalue weighted by Gasteiger charge is 2.42. The van der Waals surface area contributed by atoms with Crippen LogP contribution in [0, 0.1) is 6.92 Å². The third kappa shape index (κ3) is 3.59. The van der Waals surface area contributed by atoms with E-state index in [1.807, 2.05) is 31.2 Å². The Kier molecular flexibility index (Phi) is 5.57. The summed E-state index contributed by atoms with van der Waals surface area (Å²) in [5.74, 6) is 0.583. The van der Waals surface area contributed by atoms with E-state index in [1.165, 1.54) is 0 Å². The van der Waals surface area contributed by atoms with Gasteiger partial charge < -0.3 is 14.7 Å². The molecule has 1 aliphatic rings. The highest BCUT2D eigenvalue weighted by molar-refractivity contribution is 6.31. The molecular weight excluding hydrogens is 414 g/mol. The normalized spacial score (nSPS) is 15.1. The molecule has 2 N–H and O–H groups in total. The molecule has 0 fully saturated rings. The van der Waals surface area contributed by atoms with Gasteiger partial charge in [-0.05, 0) is 42.3 Å². The van der Waals surface area contributed by atoms with E-state index in [0.717, 1.165) is 11.1 Å². The number of amides is 1. The van der Waals surface area contributed by atoms with Crippen LogP contribution in [0.1, 0.15) is 33.2 Å². The number of fused-ring (bicyclic) bond motifs is 1. The van der Waals surface area contributed by atoms with E-state index in [9.17, 15) is 9.90 Å². The Labute approximate surface area is 185 Å². The zero-order valence-corrected chi connectivity index (χ0v) is 17.8. The number of nitrogens with one attached hydrogen (secondary N) is 1. The number of phenolic OH excluding ortho intramolecular Hbond substituents is 1. The van der Waals surface area contributed by atoms with E-state index < -0.39 is 6.04 Å². The van der Waals surface area contributed by atoms with Gasteiger partial charge in [-0.3, -0.25) is 9.89 Å². The van der Waals surface area contributed by atoms with Crippen LogP contribution in [0.2, 0.25) is 5.02 Å². The largest absolute Gasteiger partial charge is 0.507 e. The maximum atomic E-state index is 13.1. The number of H-pyrrole nitrogens is 1. The number of aromatic hydroxyl groups is 1. The lowest BCUT2D eigenvalue weighted by atomic mass is 9.95. The van der Waals surface area contributed by atoms with Crippen LogP contribution in [0.5, 0.6) is 11.5 Å². The highest BCUT2D eigenvalue weighted by Crippen LogP contribution is 2.45. The molecular formula is C24H22ClN3O3. The van der Waals surface area contributed by atoms with Gasteiger partial charge in [0.15, 0.2) is 0 Å². The molecule has 0 spiro atoms. The topological polar surface area (TPSA) is 78.5 Å². The Morgan fingerprint density at radius 3 is 2.68 bits per heavy atom. The molecule has 4 rings (SSSR count). The molecule has 6 nitrogen and oxygen atoms in total. The van der Waals surface area contributed by atoms with Crippen molar-refractivity contribution in [1.82, 2.24) is 15.1 Å². The van der Waals surface area contributed by atoms with Gasteiger partial charge in [-0.25, -0.2) is 0 Å². The van der Waals surface area contributed by atoms with Gasteiger partial charge in [0.05, 0.1) is 6.04 Å². The van der Waals surface area contributed by atoms with Gasteiger partial charge >= 0.3 is 0 Å². The van der Waals surface area contributed by atoms with Crippen LogP contribution in [0.4, 0.5) is 0 Å². The van der Waals surface area contributed by atoms with Crippen molar-refractivity contribution < 1.29 is 14.6 Å². The maximum absolute atomic E-state index is 13.1. The standard InChI is InChI=1S/C24H22ClN3O3/c1-4-10-28-23(15-6-8-16(9-7-15)31-11-5-2)20-21(26-27-22(20)24(28)30)17-13-18(25)14(3)12-19(17)29/h4-9,12-13,23,29H,1-2,10-11H2,3H3,(H,26,27). The lowest BCUT2D eigenvalue weighted by molar-refractivity contribution is 0.0764. The average Bonchev–Trinajstić information content (AvgIpc) is 3.29. The Hall–Kier alpha value is -3.51. The minimum absolute atomic E-state index is 0.0535. The molecule has 7 heteroatoms. The number of halogens is 1. The summed E-state index contributed by atoms with van der Waals surface area (Å²) in [5.41, 5.74) is 3.70. The summed E-state index contributed by atoms with van der Waals surface area (Å²) >= 11 is 6.31. The smallest absolute Gasteiger partial charge is 0.273 e. The predicted molar refractivity (Wildman–Crippen MR) is 121 cm³/mol. The monoisotopic (exact) mass is 435 g/mol. The van der Waals surface area contributed by atoms with Crippen LogP contribution in [0.3, 0.4) is 0 Å². The molecule has 1 unspecified atom stereocenters. The number of carbonyl (C=O) groups excluding carboxylic acids is 1. The predicted octanol–water partition coefficient (Wildman–Crippen LogP) is 5.04. The molecule has 2 heterocycles. The van der Waals surface area contributed by atoms with Gasteiger partial charge in [0.2, 0.25) is 0 Å². The van der Waals surface area contributed by atoms with E-state index in [0.29, 0.717) is 46.4 Å². The molecule has 158 valence electrons. The third-order valence-corrected chi connectivity index (χ3v) is 5.69. The molecule has 1 aliphatic heterocycles. The number of carbonyl (C=O) groups is 1. The van der Waals surface area contributed by atoms with Crippen molar-refractivity contribution in [3.63, 3.8) is 0 Å². The molecule has 0 aliphatic carbocycles. The summed E-state index contributed by atoms with van der Waals surface area (Å²) in [6, 6.07) is 10.4. The maximum Gasteiger partial charge on any atom is 0.273 e. The second kappa shape index (κ2) is 8.32. The molecule has 1 amide bonds. The minimum Gasteiger partial charge on any atom is -0.507 e. The Morgan fingerprint density at radius 2 is 2.00 bits per heavy atom. The summed E-state index contributed by atoms with van der Waals surface area (Å²) in [4.78, 5) is 14.8. The Balaban J connectivity index is 1.84. The molecule has 0 radical (unpaired) electrons. The van der Waals surface area contributed by atoms with Crippen LogP contribution in [-0.2, 0) is 0 Å². The van der Waals surface area contributed by atoms with Crippen LogP contribution in [0.15, 0.2) is 61.7 Å². The first-order chi connectivity index (χ1) is 15.0. The second-order valence-electron chi connectivity index (χ2n) is 7.30. The van der Waals surface area contributed by atoms with Crippen molar-refractivity contribution >= 4 is 17.5 Å². The number of ether oxygens (including phenoxy) is 1. The van der Waals surface area contributed by atoms with Gasteiger partial charge in [0.25, 0.3) is 5.91 Å². The molecule has 0 bridgehead atoms. The average molecular weight is 436 g/mol. The number of rotatable bonds is 7. The first-order valence-electron chi connectivity index (χ1n) is 9.79. The Bertz CT molecular complexity index is 1170. The first kappa shape index (κ1) is 20.8. The molecule has 31 heavy (non-hydrogen) atoms. The summed E-state index contributed by atoms with van der Waals surface area (Å²) in [5, 5.41) is 18.3. The molecule has 0 saturated carbocycles. The number of benzene rings is 2. The van der Waals surface area contributed by atoms with Crippen LogP contribution in [0.25, 0.3) is 11.3 Å². The van der Waals surface area contributed by atoms with Gasteiger partial charge in [0.1, 0.15) is 29.5 Å². The Morgan fingerprint density at radius 1 is 1.26 bits per heavy atom. The van der Waals surface area contributed by atoms with E-state index >= 15 is 0 Å². The van der Waals surface area contributed by atoms with Crippen LogP contribution >= 0.6 is 11.6 Å². The SMILES string of the molecule is C=CCOc1ccc(C2c3c(-c4cc(Cl)c(C)cc4O)n[nH]c3C(=O)N2CC=C)cc1. The van der Waals surface area contributed by atoms with Crippen molar-refractivity contribution in [2.45, 2.75) is 13.0 Å². The van der Waals surface area contributed by atoms with Crippen LogP contribution in [-0.4, -0.2) is 39.3 Å². The fourth-order valence-corrected chi connectivity index (χ4v) is 4.00. The zero-order valence-electron chi connectivity index (χ0n) is 17.1. The number of aryl methyl sites for hydroxylation is 1. The quantitative estimate of drug-likeness (QED) is 0.509.